The number of nitrogens with one attached hydrogen (secondary N) is 1. The molecule has 0 fully saturated rings. The molecule has 9 aromatic rings. The summed E-state index contributed by atoms with van der Waals surface area (Å²) in [5.41, 5.74) is 7.67. The van der Waals surface area contributed by atoms with Crippen LogP contribution in [-0.4, -0.2) is 59.5 Å². The van der Waals surface area contributed by atoms with Gasteiger partial charge in [-0.2, -0.15) is 4.39 Å². The van der Waals surface area contributed by atoms with Crippen LogP contribution in [0.4, 0.5) is 4.39 Å². The van der Waals surface area contributed by atoms with Crippen LogP contribution in [0.25, 0.3) is 44.7 Å². The highest BCUT2D eigenvalue weighted by Crippen LogP contribution is 2.42. The molecule has 0 radical (unpaired) electrons. The third-order valence-corrected chi connectivity index (χ3v) is 10.0. The molecule has 1 atom stereocenters. The maximum atomic E-state index is 12.8. The number of aliphatic hydroxyl groups is 2. The highest BCUT2D eigenvalue weighted by Gasteiger charge is 2.34. The second-order valence-electron chi connectivity index (χ2n) is 15.5. The number of halogens is 1. The summed E-state index contributed by atoms with van der Waals surface area (Å²) in [5.74, 6) is 1.10. The maximum Gasteiger partial charge on any atom is 0.521 e. The molecule has 6 aromatic heterocycles. The normalized spacial score (nSPS) is 12.7. The lowest BCUT2D eigenvalue weighted by Gasteiger charge is -2.32. The molecule has 1 aliphatic rings. The van der Waals surface area contributed by atoms with Crippen LogP contribution < -0.4 is 4.89 Å². The van der Waals surface area contributed by atoms with Crippen LogP contribution in [0, 0.1) is 5.95 Å². The molecule has 0 aliphatic carbocycles. The first-order valence-corrected chi connectivity index (χ1v) is 20.3. The van der Waals surface area contributed by atoms with E-state index in [1.54, 1.807) is 38.8 Å². The second-order valence-corrected chi connectivity index (χ2v) is 16.1. The van der Waals surface area contributed by atoms with Crippen molar-refractivity contribution in [3.05, 3.63) is 169 Å². The van der Waals surface area contributed by atoms with Crippen molar-refractivity contribution in [1.82, 2.24) is 44.0 Å². The van der Waals surface area contributed by atoms with E-state index in [4.69, 9.17) is 14.7 Å². The van der Waals surface area contributed by atoms with Crippen molar-refractivity contribution in [2.45, 2.75) is 58.2 Å². The van der Waals surface area contributed by atoms with Gasteiger partial charge in [-0.25, -0.2) is 35.2 Å². The first-order chi connectivity index (χ1) is 29.5. The Morgan fingerprint density at radius 1 is 0.677 bits per heavy atom. The lowest BCUT2D eigenvalue weighted by atomic mass is 9.76. The number of pyridine rings is 3. The molecule has 17 heteroatoms. The first-order valence-electron chi connectivity index (χ1n) is 19.2. The molecule has 1 aliphatic heterocycles. The molecule has 7 heterocycles. The number of H-pyrrole nitrogens is 1. The lowest BCUT2D eigenvalue weighted by molar-refractivity contribution is -0.244. The summed E-state index contributed by atoms with van der Waals surface area (Å²) < 4.78 is 28.5. The topological polar surface area (TPSA) is 213 Å². The fourth-order valence-electron chi connectivity index (χ4n) is 6.87. The SMILES string of the molecule is CC(C)(O)c1cccnc1-n1cnc2ccccc21.CC(C)(O)c1cccnc1F.CC1(C)c2cccnc2-n2cnc3cccc1c32.O=[P+]([O-])OO.[HH].c1ccc2[nH]cnc2c1. The molecule has 0 spiro atoms. The zero-order valence-corrected chi connectivity index (χ0v) is 35.6. The summed E-state index contributed by atoms with van der Waals surface area (Å²) in [4.78, 5) is 37.2. The van der Waals surface area contributed by atoms with Gasteiger partial charge in [0.1, 0.15) is 24.3 Å². The molecule has 62 heavy (non-hydrogen) atoms. The van der Waals surface area contributed by atoms with Gasteiger partial charge in [0.05, 0.1) is 50.6 Å². The van der Waals surface area contributed by atoms with E-state index in [0.29, 0.717) is 5.82 Å². The van der Waals surface area contributed by atoms with Crippen molar-refractivity contribution < 1.29 is 35.4 Å². The fraction of sp³-hybridized carbons (Fsp3) is 0.200. The summed E-state index contributed by atoms with van der Waals surface area (Å²) in [6, 6.07) is 33.1. The number of imidazole rings is 3. The molecule has 10 rings (SSSR count). The van der Waals surface area contributed by atoms with Crippen LogP contribution in [0.1, 0.15) is 65.2 Å². The Kier molecular flexibility index (Phi) is 13.7. The van der Waals surface area contributed by atoms with Crippen LogP contribution in [0.15, 0.2) is 141 Å². The van der Waals surface area contributed by atoms with Crippen LogP contribution >= 0.6 is 8.25 Å². The van der Waals surface area contributed by atoms with E-state index in [-0.39, 0.29) is 12.4 Å². The Morgan fingerprint density at radius 3 is 1.87 bits per heavy atom. The van der Waals surface area contributed by atoms with Gasteiger partial charge in [-0.15, -0.1) is 0 Å². The Hall–Kier alpha value is -6.65. The van der Waals surface area contributed by atoms with E-state index < -0.39 is 25.4 Å². The number of hydrogen-bond acceptors (Lipinski definition) is 12. The highest BCUT2D eigenvalue weighted by atomic mass is 31.1. The molecule has 0 amide bonds. The van der Waals surface area contributed by atoms with Gasteiger partial charge in [-0.1, -0.05) is 68.4 Å². The molecule has 1 unspecified atom stereocenters. The predicted octanol–water partition coefficient (Wildman–Crippen LogP) is 8.46. The zero-order chi connectivity index (χ0) is 44.7. The lowest BCUT2D eigenvalue weighted by Crippen LogP contribution is -2.26. The van der Waals surface area contributed by atoms with Crippen LogP contribution in [0.3, 0.4) is 0 Å². The van der Waals surface area contributed by atoms with E-state index in [0.717, 1.165) is 39.0 Å². The van der Waals surface area contributed by atoms with Gasteiger partial charge in [0.15, 0.2) is 0 Å². The number of nitrogens with zero attached hydrogens (tertiary/aromatic N) is 8. The van der Waals surface area contributed by atoms with Gasteiger partial charge in [-0.05, 0) is 86.4 Å². The molecule has 0 saturated carbocycles. The quantitative estimate of drug-likeness (QED) is 0.0568. The highest BCUT2D eigenvalue weighted by molar-refractivity contribution is 7.30. The van der Waals surface area contributed by atoms with Crippen molar-refractivity contribution in [1.29, 1.82) is 0 Å². The van der Waals surface area contributed by atoms with Crippen molar-refractivity contribution in [2.24, 2.45) is 0 Å². The van der Waals surface area contributed by atoms with Gasteiger partial charge in [0.25, 0.3) is 0 Å². The maximum absolute atomic E-state index is 12.8. The average Bonchev–Trinajstić information content (AvgIpc) is 4.03. The second kappa shape index (κ2) is 19.0. The van der Waals surface area contributed by atoms with Gasteiger partial charge < -0.3 is 20.1 Å². The molecule has 320 valence electrons. The molecule has 4 N–H and O–H groups in total. The standard InChI is InChI=1S/C15H15N3O.C15H13N3.C8H10FNO.C7H6N2.HO4P.H2/c1-15(2,19)11-6-5-9-16-14(11)18-10-17-12-7-3-4-8-13(12)18;1-15(2)10-5-3-7-12-13(10)18(9-17-12)14-11(15)6-4-8-16-14;1-8(2,11)6-4-3-5-10-7(6)9;1-2-4-7-6(3-1)8-5-9-7;1-4-5(2)3;/h3-10,19H,1-2H3;3-9H,1-2H3;3-5,11H,1-2H3;1-5H,(H,8,9);1H;1H. The number of hydrogen-bond donors (Lipinski definition) is 4. The summed E-state index contributed by atoms with van der Waals surface area (Å²) in [5, 5.41) is 26.7. The number of benzene rings is 3. The number of para-hydroxylation sites is 5. The van der Waals surface area contributed by atoms with Crippen molar-refractivity contribution in [3.8, 4) is 11.6 Å². The van der Waals surface area contributed by atoms with E-state index in [1.165, 1.54) is 42.8 Å². The fourth-order valence-corrected chi connectivity index (χ4v) is 6.87. The monoisotopic (exact) mass is 859 g/mol. The van der Waals surface area contributed by atoms with Gasteiger partial charge in [0, 0.05) is 46.8 Å². The Labute approximate surface area is 358 Å². The van der Waals surface area contributed by atoms with Gasteiger partial charge in [-0.3, -0.25) is 9.13 Å². The van der Waals surface area contributed by atoms with Gasteiger partial charge in [0.2, 0.25) is 5.95 Å². The third-order valence-electron chi connectivity index (χ3n) is 9.87. The number of aromatic amines is 1. The minimum absolute atomic E-state index is 0. The minimum atomic E-state index is -3.04. The van der Waals surface area contributed by atoms with Crippen molar-refractivity contribution in [3.63, 3.8) is 0 Å². The Morgan fingerprint density at radius 2 is 1.23 bits per heavy atom. The summed E-state index contributed by atoms with van der Waals surface area (Å²) in [6.45, 7) is 11.1. The summed E-state index contributed by atoms with van der Waals surface area (Å²) in [7, 11) is -3.04. The van der Waals surface area contributed by atoms with Crippen LogP contribution in [0.5, 0.6) is 0 Å². The van der Waals surface area contributed by atoms with E-state index in [1.807, 2.05) is 83.8 Å². The number of aromatic nitrogens is 9. The number of fused-ring (bicyclic) bond motifs is 4. The first kappa shape index (κ1) is 44.9. The zero-order valence-electron chi connectivity index (χ0n) is 34.7. The Bertz CT molecular complexity index is 2910. The molecular weight excluding hydrogens is 813 g/mol. The Balaban J connectivity index is 0.000000157. The molecule has 3 aromatic carbocycles. The summed E-state index contributed by atoms with van der Waals surface area (Å²) in [6.07, 6.45) is 10.2. The van der Waals surface area contributed by atoms with Crippen LogP contribution in [-0.2, 0) is 25.9 Å². The van der Waals surface area contributed by atoms with Crippen molar-refractivity contribution >= 4 is 41.4 Å². The number of rotatable bonds is 4. The summed E-state index contributed by atoms with van der Waals surface area (Å²) >= 11 is 0. The van der Waals surface area contributed by atoms with Gasteiger partial charge >= 0.3 is 8.25 Å². The minimum Gasteiger partial charge on any atom is -0.565 e. The molecule has 0 bridgehead atoms. The molecular formula is C45H47FN9O6P. The average molecular weight is 860 g/mol. The third kappa shape index (κ3) is 10.1. The molecule has 15 nitrogen and oxygen atoms in total. The van der Waals surface area contributed by atoms with Crippen LogP contribution in [0.2, 0.25) is 0 Å². The molecule has 0 saturated heterocycles. The largest absolute Gasteiger partial charge is 0.565 e. The van der Waals surface area contributed by atoms with Crippen molar-refractivity contribution in [2.75, 3.05) is 0 Å². The smallest absolute Gasteiger partial charge is 0.521 e. The predicted molar refractivity (Wildman–Crippen MR) is 234 cm³/mol. The van der Waals surface area contributed by atoms with E-state index in [2.05, 4.69) is 82.2 Å². The van der Waals surface area contributed by atoms with E-state index in [9.17, 15) is 14.6 Å². The van der Waals surface area contributed by atoms with E-state index >= 15 is 0 Å².